The van der Waals surface area contributed by atoms with Gasteiger partial charge in [0.2, 0.25) is 5.91 Å². The molecule has 0 spiro atoms. The van der Waals surface area contributed by atoms with Crippen molar-refractivity contribution in [2.45, 2.75) is 25.3 Å². The summed E-state index contributed by atoms with van der Waals surface area (Å²) in [5.41, 5.74) is 0.693. The molecule has 108 valence electrons. The summed E-state index contributed by atoms with van der Waals surface area (Å²) in [6.07, 6.45) is 2.07. The fourth-order valence-electron chi connectivity index (χ4n) is 2.80. The van der Waals surface area contributed by atoms with Gasteiger partial charge in [0.15, 0.2) is 5.78 Å². The number of likely N-dealkylation sites (tertiary alicyclic amines) is 1. The lowest BCUT2D eigenvalue weighted by Gasteiger charge is -2.23. The SMILES string of the molecule is O=C(c1ccccc1)C1CCCN1C(=O)Cc1cccs1. The number of rotatable bonds is 4. The van der Waals surface area contributed by atoms with Crippen LogP contribution in [0.1, 0.15) is 28.1 Å². The summed E-state index contributed by atoms with van der Waals surface area (Å²) in [7, 11) is 0. The Morgan fingerprint density at radius 1 is 1.14 bits per heavy atom. The summed E-state index contributed by atoms with van der Waals surface area (Å²) in [6.45, 7) is 0.688. The predicted octanol–water partition coefficient (Wildman–Crippen LogP) is 3.16. The van der Waals surface area contributed by atoms with E-state index in [-0.39, 0.29) is 17.7 Å². The summed E-state index contributed by atoms with van der Waals surface area (Å²) in [5, 5.41) is 1.97. The molecule has 1 saturated heterocycles. The van der Waals surface area contributed by atoms with Crippen molar-refractivity contribution >= 4 is 23.0 Å². The van der Waals surface area contributed by atoms with Gasteiger partial charge in [-0.15, -0.1) is 11.3 Å². The van der Waals surface area contributed by atoms with Gasteiger partial charge in [-0.05, 0) is 24.3 Å². The fourth-order valence-corrected chi connectivity index (χ4v) is 3.49. The Labute approximate surface area is 128 Å². The normalized spacial score (nSPS) is 17.9. The van der Waals surface area contributed by atoms with Crippen LogP contribution in [0.5, 0.6) is 0 Å². The van der Waals surface area contributed by atoms with E-state index in [1.54, 1.807) is 16.2 Å². The number of thiophene rings is 1. The van der Waals surface area contributed by atoms with Gasteiger partial charge in [-0.25, -0.2) is 0 Å². The summed E-state index contributed by atoms with van der Waals surface area (Å²) < 4.78 is 0. The fraction of sp³-hybridized carbons (Fsp3) is 0.294. The molecule has 1 aliphatic rings. The lowest BCUT2D eigenvalue weighted by molar-refractivity contribution is -0.130. The topological polar surface area (TPSA) is 37.4 Å². The van der Waals surface area contributed by atoms with Gasteiger partial charge in [-0.1, -0.05) is 36.4 Å². The zero-order valence-electron chi connectivity index (χ0n) is 11.7. The second-order valence-corrected chi connectivity index (χ2v) is 6.26. The molecule has 1 aliphatic heterocycles. The number of hydrogen-bond donors (Lipinski definition) is 0. The van der Waals surface area contributed by atoms with Gasteiger partial charge >= 0.3 is 0 Å². The Bertz CT molecular complexity index is 622. The molecule has 1 aromatic heterocycles. The quantitative estimate of drug-likeness (QED) is 0.813. The van der Waals surface area contributed by atoms with Crippen molar-refractivity contribution < 1.29 is 9.59 Å². The Kier molecular flexibility index (Phi) is 4.15. The maximum absolute atomic E-state index is 12.6. The molecular formula is C17H17NO2S. The molecule has 4 heteroatoms. The van der Waals surface area contributed by atoms with Crippen LogP contribution >= 0.6 is 11.3 Å². The number of benzene rings is 1. The maximum atomic E-state index is 12.6. The third-order valence-electron chi connectivity index (χ3n) is 3.84. The monoisotopic (exact) mass is 299 g/mol. The Hall–Kier alpha value is -1.94. The molecular weight excluding hydrogens is 282 g/mol. The highest BCUT2D eigenvalue weighted by molar-refractivity contribution is 7.10. The van der Waals surface area contributed by atoms with E-state index in [2.05, 4.69) is 0 Å². The van der Waals surface area contributed by atoms with E-state index in [4.69, 9.17) is 0 Å². The molecule has 2 heterocycles. The first-order valence-electron chi connectivity index (χ1n) is 7.17. The molecule has 1 amide bonds. The first-order valence-corrected chi connectivity index (χ1v) is 8.05. The third kappa shape index (κ3) is 3.05. The van der Waals surface area contributed by atoms with Crippen LogP contribution < -0.4 is 0 Å². The highest BCUT2D eigenvalue weighted by Crippen LogP contribution is 2.23. The van der Waals surface area contributed by atoms with E-state index in [9.17, 15) is 9.59 Å². The van der Waals surface area contributed by atoms with Crippen molar-refractivity contribution in [1.82, 2.24) is 4.90 Å². The minimum absolute atomic E-state index is 0.0595. The summed E-state index contributed by atoms with van der Waals surface area (Å²) in [6, 6.07) is 12.9. The van der Waals surface area contributed by atoms with Crippen molar-refractivity contribution in [1.29, 1.82) is 0 Å². The van der Waals surface area contributed by atoms with Crippen LogP contribution in [0.3, 0.4) is 0 Å². The zero-order chi connectivity index (χ0) is 14.7. The number of carbonyl (C=O) groups excluding carboxylic acids is 2. The molecule has 1 fully saturated rings. The lowest BCUT2D eigenvalue weighted by Crippen LogP contribution is -2.41. The van der Waals surface area contributed by atoms with Crippen LogP contribution in [-0.4, -0.2) is 29.2 Å². The van der Waals surface area contributed by atoms with Crippen LogP contribution in [0.15, 0.2) is 47.8 Å². The number of hydrogen-bond acceptors (Lipinski definition) is 3. The lowest BCUT2D eigenvalue weighted by atomic mass is 10.0. The number of nitrogens with zero attached hydrogens (tertiary/aromatic N) is 1. The van der Waals surface area contributed by atoms with Crippen LogP contribution in [0.4, 0.5) is 0 Å². The molecule has 21 heavy (non-hydrogen) atoms. The molecule has 1 aromatic carbocycles. The van der Waals surface area contributed by atoms with E-state index in [0.717, 1.165) is 17.7 Å². The maximum Gasteiger partial charge on any atom is 0.228 e. The zero-order valence-corrected chi connectivity index (χ0v) is 12.5. The average Bonchev–Trinajstić information content (AvgIpc) is 3.18. The van der Waals surface area contributed by atoms with Crippen molar-refractivity contribution in [3.8, 4) is 0 Å². The summed E-state index contributed by atoms with van der Waals surface area (Å²) in [4.78, 5) is 27.8. The molecule has 1 unspecified atom stereocenters. The van der Waals surface area contributed by atoms with Crippen LogP contribution in [0.25, 0.3) is 0 Å². The third-order valence-corrected chi connectivity index (χ3v) is 4.72. The molecule has 0 radical (unpaired) electrons. The molecule has 0 N–H and O–H groups in total. The first kappa shape index (κ1) is 14.0. The molecule has 2 aromatic rings. The number of amides is 1. The molecule has 3 rings (SSSR count). The van der Waals surface area contributed by atoms with Crippen molar-refractivity contribution in [2.24, 2.45) is 0 Å². The van der Waals surface area contributed by atoms with Gasteiger partial charge in [-0.3, -0.25) is 9.59 Å². The largest absolute Gasteiger partial charge is 0.332 e. The first-order chi connectivity index (χ1) is 10.3. The van der Waals surface area contributed by atoms with Gasteiger partial charge in [0.25, 0.3) is 0 Å². The van der Waals surface area contributed by atoms with Crippen LogP contribution in [0, 0.1) is 0 Å². The number of Topliss-reactive ketones (excluding diaryl/α,β-unsaturated/α-hetero) is 1. The molecule has 0 saturated carbocycles. The van der Waals surface area contributed by atoms with Gasteiger partial charge in [0.1, 0.15) is 0 Å². The average molecular weight is 299 g/mol. The minimum atomic E-state index is -0.292. The highest BCUT2D eigenvalue weighted by atomic mass is 32.1. The summed E-state index contributed by atoms with van der Waals surface area (Å²) in [5.74, 6) is 0.122. The highest BCUT2D eigenvalue weighted by Gasteiger charge is 2.34. The van der Waals surface area contributed by atoms with E-state index < -0.39 is 0 Å². The second-order valence-electron chi connectivity index (χ2n) is 5.23. The Morgan fingerprint density at radius 3 is 2.67 bits per heavy atom. The molecule has 3 nitrogen and oxygen atoms in total. The van der Waals surface area contributed by atoms with Gasteiger partial charge in [-0.2, -0.15) is 0 Å². The molecule has 0 aliphatic carbocycles. The van der Waals surface area contributed by atoms with Gasteiger partial charge in [0, 0.05) is 17.0 Å². The van der Waals surface area contributed by atoms with Crippen LogP contribution in [-0.2, 0) is 11.2 Å². The van der Waals surface area contributed by atoms with Crippen molar-refractivity contribution in [3.63, 3.8) is 0 Å². The molecule has 1 atom stereocenters. The Balaban J connectivity index is 1.73. The molecule has 0 bridgehead atoms. The van der Waals surface area contributed by atoms with Gasteiger partial charge < -0.3 is 4.90 Å². The van der Waals surface area contributed by atoms with E-state index in [0.29, 0.717) is 18.5 Å². The van der Waals surface area contributed by atoms with Crippen molar-refractivity contribution in [2.75, 3.05) is 6.54 Å². The smallest absolute Gasteiger partial charge is 0.228 e. The summed E-state index contributed by atoms with van der Waals surface area (Å²) >= 11 is 1.58. The van der Waals surface area contributed by atoms with Crippen LogP contribution in [0.2, 0.25) is 0 Å². The van der Waals surface area contributed by atoms with Crippen molar-refractivity contribution in [3.05, 3.63) is 58.3 Å². The standard InChI is InChI=1S/C17H17NO2S/c19-16(12-14-8-5-11-21-14)18-10-4-9-15(18)17(20)13-6-2-1-3-7-13/h1-3,5-8,11,15H,4,9-10,12H2. The Morgan fingerprint density at radius 2 is 1.95 bits per heavy atom. The van der Waals surface area contributed by atoms with E-state index >= 15 is 0 Å². The number of carbonyl (C=O) groups is 2. The number of ketones is 1. The van der Waals surface area contributed by atoms with Gasteiger partial charge in [0.05, 0.1) is 12.5 Å². The minimum Gasteiger partial charge on any atom is -0.332 e. The van der Waals surface area contributed by atoms with E-state index in [1.807, 2.05) is 47.8 Å². The predicted molar refractivity (Wildman–Crippen MR) is 83.5 cm³/mol. The van der Waals surface area contributed by atoms with E-state index in [1.165, 1.54) is 0 Å². The second kappa shape index (κ2) is 6.22.